The molecule has 3 aromatic rings. The van der Waals surface area contributed by atoms with Gasteiger partial charge in [0.05, 0.1) is 17.5 Å². The van der Waals surface area contributed by atoms with Crippen LogP contribution in [-0.4, -0.2) is 11.8 Å². The molecule has 186 valence electrons. The van der Waals surface area contributed by atoms with Crippen molar-refractivity contribution in [2.45, 2.75) is 25.7 Å². The van der Waals surface area contributed by atoms with Crippen LogP contribution in [0.3, 0.4) is 0 Å². The Bertz CT molecular complexity index is 1240. The van der Waals surface area contributed by atoms with Crippen molar-refractivity contribution in [2.75, 3.05) is 16.4 Å². The van der Waals surface area contributed by atoms with Gasteiger partial charge in [-0.15, -0.1) is 0 Å². The minimum atomic E-state index is -4.23. The molecule has 0 radical (unpaired) electrons. The highest BCUT2D eigenvalue weighted by molar-refractivity contribution is 7.49. The first kappa shape index (κ1) is 23.8. The molecule has 3 aromatic carbocycles. The summed E-state index contributed by atoms with van der Waals surface area (Å²) in [5.74, 6) is -0.187. The number of rotatable bonds is 7. The van der Waals surface area contributed by atoms with Gasteiger partial charge >= 0.3 is 7.82 Å². The van der Waals surface area contributed by atoms with Crippen molar-refractivity contribution in [2.24, 2.45) is 11.8 Å². The van der Waals surface area contributed by atoms with Gasteiger partial charge in [-0.25, -0.2) is 0 Å². The minimum absolute atomic E-state index is 0.164. The van der Waals surface area contributed by atoms with Gasteiger partial charge in [0.25, 0.3) is 0 Å². The van der Waals surface area contributed by atoms with Gasteiger partial charge in [-0.3, -0.25) is 14.5 Å². The highest BCUT2D eigenvalue weighted by Gasteiger charge is 2.48. The zero-order valence-corrected chi connectivity index (χ0v) is 20.3. The van der Waals surface area contributed by atoms with Gasteiger partial charge in [0.2, 0.25) is 11.8 Å². The lowest BCUT2D eigenvalue weighted by molar-refractivity contribution is -0.122. The first-order valence-electron chi connectivity index (χ1n) is 11.7. The van der Waals surface area contributed by atoms with E-state index in [1.165, 1.54) is 17.0 Å². The summed E-state index contributed by atoms with van der Waals surface area (Å²) in [7, 11) is -4.23. The van der Waals surface area contributed by atoms with Crippen molar-refractivity contribution in [3.05, 3.63) is 72.8 Å². The summed E-state index contributed by atoms with van der Waals surface area (Å²) in [4.78, 5) is 27.0. The number of fused-ring (bicyclic) bond motifs is 1. The molecule has 4 N–H and O–H groups in total. The molecule has 2 unspecified atom stereocenters. The molecule has 5 rings (SSSR count). The average molecular weight is 507 g/mol. The predicted molar refractivity (Wildman–Crippen MR) is 136 cm³/mol. The second kappa shape index (κ2) is 9.59. The molecule has 9 nitrogen and oxygen atoms in total. The second-order valence-electron chi connectivity index (χ2n) is 8.86. The molecule has 1 saturated carbocycles. The Hall–Kier alpha value is -3.97. The van der Waals surface area contributed by atoms with E-state index in [-0.39, 0.29) is 40.9 Å². The Labute approximate surface area is 208 Å². The lowest BCUT2D eigenvalue weighted by atomic mass is 9.81. The number of carbonyl (C=O) groups is 2. The predicted octanol–water partition coefficient (Wildman–Crippen LogP) is 5.18. The molecule has 2 amide bonds. The van der Waals surface area contributed by atoms with Crippen LogP contribution >= 0.6 is 7.82 Å². The van der Waals surface area contributed by atoms with E-state index in [4.69, 9.17) is 25.0 Å². The fraction of sp³-hybridized carbons (Fsp3) is 0.231. The van der Waals surface area contributed by atoms with E-state index in [1.54, 1.807) is 60.7 Å². The van der Waals surface area contributed by atoms with Crippen LogP contribution in [-0.2, 0) is 14.2 Å². The van der Waals surface area contributed by atoms with Gasteiger partial charge in [0, 0.05) is 11.4 Å². The molecule has 1 heterocycles. The minimum Gasteiger partial charge on any atom is -0.399 e. The molecule has 0 aromatic heterocycles. The van der Waals surface area contributed by atoms with Crippen molar-refractivity contribution >= 4 is 36.7 Å². The molecule has 1 aliphatic carbocycles. The number of carbonyl (C=O) groups excluding carboxylic acids is 2. The molecule has 10 heteroatoms. The number of imide groups is 1. The van der Waals surface area contributed by atoms with Crippen molar-refractivity contribution in [1.82, 2.24) is 0 Å². The molecule has 2 fully saturated rings. The SMILES string of the molecule is Nc1ccc(OP(=O)(Oc2ccc(N)cc2)Oc2ccc(N3C(=O)C4CCCCC4C3=O)cc2)cc1. The monoisotopic (exact) mass is 507 g/mol. The summed E-state index contributed by atoms with van der Waals surface area (Å²) in [6.45, 7) is 0. The number of nitrogens with two attached hydrogens (primary N) is 2. The zero-order chi connectivity index (χ0) is 25.3. The summed E-state index contributed by atoms with van der Waals surface area (Å²) in [5, 5.41) is 0. The molecule has 0 bridgehead atoms. The van der Waals surface area contributed by atoms with E-state index in [9.17, 15) is 14.2 Å². The van der Waals surface area contributed by atoms with Crippen LogP contribution in [0.4, 0.5) is 17.1 Å². The molecule has 2 atom stereocenters. The number of nitrogen functional groups attached to an aromatic ring is 2. The maximum atomic E-state index is 13.7. The standard InChI is InChI=1S/C26H26N3O6P/c27-17-5-11-20(12-6-17)33-36(32,34-21-13-7-18(28)8-14-21)35-22-15-9-19(10-16-22)29-25(30)23-3-1-2-4-24(23)26(29)31/h5-16,23-24H,1-4,27-28H2. The highest BCUT2D eigenvalue weighted by atomic mass is 31.2. The molecule has 1 aliphatic heterocycles. The highest BCUT2D eigenvalue weighted by Crippen LogP contribution is 2.50. The first-order chi connectivity index (χ1) is 17.3. The topological polar surface area (TPSA) is 134 Å². The van der Waals surface area contributed by atoms with E-state index < -0.39 is 7.82 Å². The maximum absolute atomic E-state index is 13.7. The normalized spacial score (nSPS) is 19.6. The number of hydrogen-bond donors (Lipinski definition) is 2. The molecular weight excluding hydrogens is 481 g/mol. The largest absolute Gasteiger partial charge is 0.647 e. The molecule has 36 heavy (non-hydrogen) atoms. The van der Waals surface area contributed by atoms with Crippen LogP contribution in [0, 0.1) is 11.8 Å². The Morgan fingerprint density at radius 2 is 1.00 bits per heavy atom. The number of phosphoric ester groups is 1. The average Bonchev–Trinajstić information content (AvgIpc) is 3.13. The van der Waals surface area contributed by atoms with E-state index in [0.29, 0.717) is 17.1 Å². The third-order valence-electron chi connectivity index (χ3n) is 6.35. The van der Waals surface area contributed by atoms with E-state index in [2.05, 4.69) is 0 Å². The Morgan fingerprint density at radius 3 is 1.39 bits per heavy atom. The maximum Gasteiger partial charge on any atom is 0.647 e. The summed E-state index contributed by atoms with van der Waals surface area (Å²) in [6, 6.07) is 18.8. The van der Waals surface area contributed by atoms with Crippen molar-refractivity contribution in [1.29, 1.82) is 0 Å². The van der Waals surface area contributed by atoms with Crippen LogP contribution < -0.4 is 29.9 Å². The van der Waals surface area contributed by atoms with Crippen LogP contribution in [0.25, 0.3) is 0 Å². The summed E-state index contributed by atoms with van der Waals surface area (Å²) >= 11 is 0. The van der Waals surface area contributed by atoms with Gasteiger partial charge in [-0.05, 0) is 85.6 Å². The lowest BCUT2D eigenvalue weighted by Crippen LogP contribution is -2.30. The number of amides is 2. The summed E-state index contributed by atoms with van der Waals surface area (Å²) < 4.78 is 30.6. The van der Waals surface area contributed by atoms with Crippen molar-refractivity contribution < 1.29 is 27.7 Å². The first-order valence-corrected chi connectivity index (χ1v) is 13.2. The number of hydrogen-bond acceptors (Lipinski definition) is 8. The van der Waals surface area contributed by atoms with Crippen LogP contribution in [0.1, 0.15) is 25.7 Å². The van der Waals surface area contributed by atoms with E-state index in [0.717, 1.165) is 25.7 Å². The fourth-order valence-corrected chi connectivity index (χ4v) is 5.82. The summed E-state index contributed by atoms with van der Waals surface area (Å²) in [5.41, 5.74) is 12.9. The van der Waals surface area contributed by atoms with E-state index >= 15 is 0 Å². The summed E-state index contributed by atoms with van der Waals surface area (Å²) in [6.07, 6.45) is 3.39. The number of nitrogens with zero attached hydrogens (tertiary/aromatic N) is 1. The Morgan fingerprint density at radius 1 is 0.639 bits per heavy atom. The van der Waals surface area contributed by atoms with Crippen molar-refractivity contribution in [3.63, 3.8) is 0 Å². The van der Waals surface area contributed by atoms with Gasteiger partial charge in [0.1, 0.15) is 17.2 Å². The third-order valence-corrected chi connectivity index (χ3v) is 7.65. The molecule has 2 aliphatic rings. The molecule has 0 spiro atoms. The molecular formula is C26H26N3O6P. The fourth-order valence-electron chi connectivity index (χ4n) is 4.57. The number of phosphoric acid groups is 1. The Kier molecular flexibility index (Phi) is 6.33. The quantitative estimate of drug-likeness (QED) is 0.254. The Balaban J connectivity index is 1.38. The van der Waals surface area contributed by atoms with Crippen LogP contribution in [0.5, 0.6) is 17.2 Å². The molecule has 1 saturated heterocycles. The van der Waals surface area contributed by atoms with Gasteiger partial charge < -0.3 is 25.0 Å². The third kappa shape index (κ3) is 4.88. The lowest BCUT2D eigenvalue weighted by Gasteiger charge is -2.20. The van der Waals surface area contributed by atoms with Gasteiger partial charge in [-0.1, -0.05) is 12.8 Å². The van der Waals surface area contributed by atoms with Crippen molar-refractivity contribution in [3.8, 4) is 17.2 Å². The van der Waals surface area contributed by atoms with Gasteiger partial charge in [0.15, 0.2) is 0 Å². The smallest absolute Gasteiger partial charge is 0.399 e. The van der Waals surface area contributed by atoms with Crippen LogP contribution in [0.2, 0.25) is 0 Å². The van der Waals surface area contributed by atoms with Gasteiger partial charge in [-0.2, -0.15) is 4.57 Å². The van der Waals surface area contributed by atoms with E-state index in [1.807, 2.05) is 0 Å². The second-order valence-corrected chi connectivity index (χ2v) is 10.3. The zero-order valence-electron chi connectivity index (χ0n) is 19.4. The number of anilines is 3. The number of benzene rings is 3. The van der Waals surface area contributed by atoms with Crippen LogP contribution in [0.15, 0.2) is 72.8 Å².